The van der Waals surface area contributed by atoms with Crippen LogP contribution in [-0.2, 0) is 46.2 Å². The number of benzene rings is 1. The summed E-state index contributed by atoms with van der Waals surface area (Å²) in [7, 11) is 0. The van der Waals surface area contributed by atoms with Gasteiger partial charge in [0.2, 0.25) is 0 Å². The van der Waals surface area contributed by atoms with Crippen molar-refractivity contribution in [2.24, 2.45) is 0 Å². The maximum Gasteiger partial charge on any atom is 0.343 e. The molecular weight excluding hydrogens is 408 g/mol. The summed E-state index contributed by atoms with van der Waals surface area (Å²) >= 11 is 6.47. The summed E-state index contributed by atoms with van der Waals surface area (Å²) in [4.78, 5) is 30.4. The van der Waals surface area contributed by atoms with Crippen molar-refractivity contribution in [3.8, 4) is 11.4 Å². The molecule has 8 heteroatoms. The second-order valence-electron chi connectivity index (χ2n) is 7.94. The molecule has 0 spiro atoms. The standard InChI is InChI=1S/C22H17ClN2O5/c1-2-22(28)14-5-16-18-11(6-25(16)20(26)13(14)9-30-21(22)27)12-8-29-7-10-3-4-15(23)19(24-18)17(10)12/h3-5,28H,2,6-9H2,1H3/t22-/m0/s1. The highest BCUT2D eigenvalue weighted by molar-refractivity contribution is 6.35. The third kappa shape index (κ3) is 2.09. The lowest BCUT2D eigenvalue weighted by Gasteiger charge is -2.31. The average Bonchev–Trinajstić information content (AvgIpc) is 3.13. The molecule has 1 N–H and O–H groups in total. The molecule has 5 heterocycles. The van der Waals surface area contributed by atoms with Crippen molar-refractivity contribution in [1.29, 1.82) is 0 Å². The van der Waals surface area contributed by atoms with Crippen LogP contribution in [0.5, 0.6) is 0 Å². The first kappa shape index (κ1) is 18.1. The first-order valence-corrected chi connectivity index (χ1v) is 10.2. The van der Waals surface area contributed by atoms with E-state index in [-0.39, 0.29) is 18.6 Å². The van der Waals surface area contributed by atoms with Crippen LogP contribution in [0.1, 0.15) is 41.2 Å². The molecule has 0 fully saturated rings. The van der Waals surface area contributed by atoms with Crippen molar-refractivity contribution < 1.29 is 19.4 Å². The summed E-state index contributed by atoms with van der Waals surface area (Å²) in [5.41, 5.74) is 3.29. The predicted molar refractivity (Wildman–Crippen MR) is 108 cm³/mol. The lowest BCUT2D eigenvalue weighted by molar-refractivity contribution is -0.172. The Morgan fingerprint density at radius 1 is 1.20 bits per heavy atom. The van der Waals surface area contributed by atoms with E-state index in [1.807, 2.05) is 6.07 Å². The quantitative estimate of drug-likeness (QED) is 0.472. The minimum atomic E-state index is -1.84. The van der Waals surface area contributed by atoms with E-state index in [4.69, 9.17) is 26.1 Å². The minimum Gasteiger partial charge on any atom is -0.458 e. The number of carbonyl (C=O) groups excluding carboxylic acids is 1. The molecule has 0 saturated heterocycles. The molecule has 7 nitrogen and oxygen atoms in total. The van der Waals surface area contributed by atoms with Crippen molar-refractivity contribution in [3.05, 3.63) is 61.4 Å². The molecule has 3 aliphatic heterocycles. The molecule has 0 aliphatic carbocycles. The number of esters is 1. The molecule has 0 radical (unpaired) electrons. The van der Waals surface area contributed by atoms with Crippen LogP contribution in [-0.4, -0.2) is 20.6 Å². The van der Waals surface area contributed by atoms with Crippen LogP contribution < -0.4 is 5.56 Å². The third-order valence-corrected chi connectivity index (χ3v) is 6.80. The van der Waals surface area contributed by atoms with Crippen LogP contribution in [0.3, 0.4) is 0 Å². The Labute approximate surface area is 175 Å². The largest absolute Gasteiger partial charge is 0.458 e. The summed E-state index contributed by atoms with van der Waals surface area (Å²) in [6, 6.07) is 5.45. The van der Waals surface area contributed by atoms with E-state index in [2.05, 4.69) is 0 Å². The number of aliphatic hydroxyl groups is 1. The van der Waals surface area contributed by atoms with Gasteiger partial charge in [-0.3, -0.25) is 4.79 Å². The van der Waals surface area contributed by atoms with Gasteiger partial charge in [-0.05, 0) is 29.7 Å². The van der Waals surface area contributed by atoms with Crippen LogP contribution in [0.15, 0.2) is 23.0 Å². The van der Waals surface area contributed by atoms with Crippen molar-refractivity contribution >= 4 is 28.5 Å². The Morgan fingerprint density at radius 2 is 2.03 bits per heavy atom. The van der Waals surface area contributed by atoms with Crippen molar-refractivity contribution in [2.45, 2.75) is 45.3 Å². The smallest absolute Gasteiger partial charge is 0.343 e. The Morgan fingerprint density at radius 3 is 2.83 bits per heavy atom. The zero-order chi connectivity index (χ0) is 20.8. The Balaban J connectivity index is 1.69. The van der Waals surface area contributed by atoms with E-state index in [1.165, 1.54) is 0 Å². The van der Waals surface area contributed by atoms with Crippen molar-refractivity contribution in [3.63, 3.8) is 0 Å². The van der Waals surface area contributed by atoms with E-state index in [0.29, 0.717) is 52.8 Å². The molecule has 6 rings (SSSR count). The average molecular weight is 425 g/mol. The van der Waals surface area contributed by atoms with Gasteiger partial charge >= 0.3 is 5.97 Å². The maximum atomic E-state index is 13.3. The van der Waals surface area contributed by atoms with Gasteiger partial charge in [-0.2, -0.15) is 0 Å². The monoisotopic (exact) mass is 424 g/mol. The van der Waals surface area contributed by atoms with Crippen LogP contribution >= 0.6 is 11.6 Å². The number of fused-ring (bicyclic) bond motifs is 5. The van der Waals surface area contributed by atoms with Gasteiger partial charge in [0.05, 0.1) is 47.2 Å². The van der Waals surface area contributed by atoms with Gasteiger partial charge in [-0.25, -0.2) is 9.78 Å². The van der Waals surface area contributed by atoms with Gasteiger partial charge < -0.3 is 19.1 Å². The van der Waals surface area contributed by atoms with Gasteiger partial charge in [0.25, 0.3) is 5.56 Å². The van der Waals surface area contributed by atoms with Gasteiger partial charge in [0.1, 0.15) is 6.61 Å². The first-order valence-electron chi connectivity index (χ1n) is 9.81. The van der Waals surface area contributed by atoms with Gasteiger partial charge in [0, 0.05) is 16.5 Å². The number of aromatic nitrogens is 2. The van der Waals surface area contributed by atoms with Crippen LogP contribution in [0, 0.1) is 0 Å². The normalized spacial score (nSPS) is 21.2. The molecule has 0 amide bonds. The molecule has 0 bridgehead atoms. The lowest BCUT2D eigenvalue weighted by atomic mass is 9.86. The number of ether oxygens (including phenoxy) is 2. The Hall–Kier alpha value is -2.74. The van der Waals surface area contributed by atoms with Crippen LogP contribution in [0.2, 0.25) is 5.02 Å². The molecule has 0 unspecified atom stereocenters. The molecule has 30 heavy (non-hydrogen) atoms. The topological polar surface area (TPSA) is 90.7 Å². The molecule has 0 saturated carbocycles. The van der Waals surface area contributed by atoms with Gasteiger partial charge in [-0.15, -0.1) is 0 Å². The fourth-order valence-electron chi connectivity index (χ4n) is 4.86. The highest BCUT2D eigenvalue weighted by Crippen LogP contribution is 2.43. The number of carbonyl (C=O) groups is 1. The molecule has 3 aromatic rings. The summed E-state index contributed by atoms with van der Waals surface area (Å²) in [5.74, 6) is -0.734. The summed E-state index contributed by atoms with van der Waals surface area (Å²) in [6.07, 6.45) is 0.105. The van der Waals surface area contributed by atoms with Gasteiger partial charge in [-0.1, -0.05) is 24.6 Å². The van der Waals surface area contributed by atoms with Crippen molar-refractivity contribution in [2.75, 3.05) is 0 Å². The van der Waals surface area contributed by atoms with E-state index in [1.54, 1.807) is 23.6 Å². The maximum absolute atomic E-state index is 13.3. The van der Waals surface area contributed by atoms with E-state index < -0.39 is 11.6 Å². The number of hydrogen-bond acceptors (Lipinski definition) is 6. The SMILES string of the molecule is CC[C@@]1(O)C(=O)OCc2c1cc1n(c2=O)Cc2c-1nc1c(Cl)ccc3c1c2COC3. The zero-order valence-electron chi connectivity index (χ0n) is 16.1. The molecule has 1 aromatic carbocycles. The van der Waals surface area contributed by atoms with E-state index in [0.717, 1.165) is 22.1 Å². The fraction of sp³-hybridized carbons (Fsp3) is 0.318. The number of rotatable bonds is 1. The first-order chi connectivity index (χ1) is 14.4. The molecule has 1 atom stereocenters. The Kier molecular flexibility index (Phi) is 3.56. The van der Waals surface area contributed by atoms with E-state index in [9.17, 15) is 14.7 Å². The number of hydrogen-bond donors (Lipinski definition) is 1. The number of pyridine rings is 2. The molecule has 152 valence electrons. The van der Waals surface area contributed by atoms with Crippen LogP contribution in [0.25, 0.3) is 22.3 Å². The minimum absolute atomic E-state index is 0.105. The number of cyclic esters (lactones) is 1. The summed E-state index contributed by atoms with van der Waals surface area (Å²) in [5, 5.41) is 12.5. The number of halogens is 1. The molecular formula is C22H17ClN2O5. The van der Waals surface area contributed by atoms with Crippen LogP contribution in [0.4, 0.5) is 0 Å². The number of nitrogens with zero attached hydrogens (tertiary/aromatic N) is 2. The van der Waals surface area contributed by atoms with Crippen molar-refractivity contribution in [1.82, 2.24) is 9.55 Å². The lowest BCUT2D eigenvalue weighted by Crippen LogP contribution is -2.44. The molecule has 3 aliphatic rings. The zero-order valence-corrected chi connectivity index (χ0v) is 16.9. The molecule has 2 aromatic heterocycles. The van der Waals surface area contributed by atoms with Gasteiger partial charge in [0.15, 0.2) is 5.60 Å². The second kappa shape index (κ2) is 5.91. The third-order valence-electron chi connectivity index (χ3n) is 6.50. The Bertz CT molecular complexity index is 1360. The summed E-state index contributed by atoms with van der Waals surface area (Å²) < 4.78 is 12.5. The second-order valence-corrected chi connectivity index (χ2v) is 8.35. The van der Waals surface area contributed by atoms with E-state index >= 15 is 0 Å². The highest BCUT2D eigenvalue weighted by atomic mass is 35.5. The predicted octanol–water partition coefficient (Wildman–Crippen LogP) is 2.76. The highest BCUT2D eigenvalue weighted by Gasteiger charge is 2.45. The summed E-state index contributed by atoms with van der Waals surface area (Å²) in [6.45, 7) is 2.79. The fourth-order valence-corrected chi connectivity index (χ4v) is 5.06.